The zero-order chi connectivity index (χ0) is 13.4. The smallest absolute Gasteiger partial charge is 0.330 e. The van der Waals surface area contributed by atoms with E-state index in [1.807, 2.05) is 13.0 Å². The number of esters is 1. The minimum atomic E-state index is -0.361. The standard InChI is InChI=1S/C14H17ClO3/c1-3-9-18-13-7-5-11(10-12(13)15)6-8-14(16)17-4-2/h5-8,10H,3-4,9H2,1-2H3/b8-6+. The Bertz CT molecular complexity index is 427. The van der Waals surface area contributed by atoms with Crippen LogP contribution in [-0.4, -0.2) is 19.2 Å². The third-order valence-corrected chi connectivity index (χ3v) is 2.41. The molecule has 0 bridgehead atoms. The number of ether oxygens (including phenoxy) is 2. The molecule has 0 spiro atoms. The van der Waals surface area contributed by atoms with Gasteiger partial charge < -0.3 is 9.47 Å². The van der Waals surface area contributed by atoms with Crippen LogP contribution in [0.1, 0.15) is 25.8 Å². The van der Waals surface area contributed by atoms with Gasteiger partial charge in [0.2, 0.25) is 0 Å². The summed E-state index contributed by atoms with van der Waals surface area (Å²) in [6.07, 6.45) is 3.97. The van der Waals surface area contributed by atoms with E-state index in [-0.39, 0.29) is 5.97 Å². The molecule has 0 aromatic heterocycles. The summed E-state index contributed by atoms with van der Waals surface area (Å²) in [5, 5.41) is 0.537. The molecule has 1 aromatic carbocycles. The maximum absolute atomic E-state index is 11.1. The number of hydrogen-bond donors (Lipinski definition) is 0. The van der Waals surface area contributed by atoms with Crippen LogP contribution < -0.4 is 4.74 Å². The number of rotatable bonds is 6. The van der Waals surface area contributed by atoms with Gasteiger partial charge in [0.1, 0.15) is 5.75 Å². The molecule has 0 aliphatic carbocycles. The average Bonchev–Trinajstić information content (AvgIpc) is 2.35. The van der Waals surface area contributed by atoms with Crippen molar-refractivity contribution in [3.8, 4) is 5.75 Å². The number of hydrogen-bond acceptors (Lipinski definition) is 3. The zero-order valence-corrected chi connectivity index (χ0v) is 11.4. The molecule has 0 fully saturated rings. The van der Waals surface area contributed by atoms with Crippen molar-refractivity contribution < 1.29 is 14.3 Å². The summed E-state index contributed by atoms with van der Waals surface area (Å²) in [4.78, 5) is 11.1. The van der Waals surface area contributed by atoms with Crippen LogP contribution in [0, 0.1) is 0 Å². The Morgan fingerprint density at radius 2 is 2.17 bits per heavy atom. The lowest BCUT2D eigenvalue weighted by Crippen LogP contribution is -1.98. The second-order valence-corrected chi connectivity index (χ2v) is 4.03. The molecule has 0 unspecified atom stereocenters. The molecular formula is C14H17ClO3. The monoisotopic (exact) mass is 268 g/mol. The molecule has 4 heteroatoms. The molecule has 1 rings (SSSR count). The van der Waals surface area contributed by atoms with E-state index in [0.29, 0.717) is 24.0 Å². The molecule has 0 atom stereocenters. The van der Waals surface area contributed by atoms with Crippen LogP contribution in [0.5, 0.6) is 5.75 Å². The summed E-state index contributed by atoms with van der Waals surface area (Å²) >= 11 is 6.07. The van der Waals surface area contributed by atoms with Crippen molar-refractivity contribution in [3.63, 3.8) is 0 Å². The maximum atomic E-state index is 11.1. The number of halogens is 1. The second kappa shape index (κ2) is 7.77. The SMILES string of the molecule is CCCOc1ccc(/C=C/C(=O)OCC)cc1Cl. The average molecular weight is 269 g/mol. The topological polar surface area (TPSA) is 35.5 Å². The number of benzene rings is 1. The van der Waals surface area contributed by atoms with Gasteiger partial charge in [-0.3, -0.25) is 0 Å². The lowest BCUT2D eigenvalue weighted by atomic mass is 10.2. The highest BCUT2D eigenvalue weighted by Crippen LogP contribution is 2.26. The van der Waals surface area contributed by atoms with Crippen molar-refractivity contribution in [2.75, 3.05) is 13.2 Å². The molecule has 0 N–H and O–H groups in total. The van der Waals surface area contributed by atoms with E-state index in [1.54, 1.807) is 25.1 Å². The van der Waals surface area contributed by atoms with Gasteiger partial charge in [0.05, 0.1) is 18.2 Å². The lowest BCUT2D eigenvalue weighted by Gasteiger charge is -2.06. The first-order valence-corrected chi connectivity index (χ1v) is 6.32. The van der Waals surface area contributed by atoms with Crippen molar-refractivity contribution in [2.24, 2.45) is 0 Å². The molecule has 98 valence electrons. The van der Waals surface area contributed by atoms with Gasteiger partial charge in [0.15, 0.2) is 0 Å². The number of carbonyl (C=O) groups is 1. The Hall–Kier alpha value is -1.48. The predicted molar refractivity (Wildman–Crippen MR) is 72.9 cm³/mol. The highest BCUT2D eigenvalue weighted by molar-refractivity contribution is 6.32. The Kier molecular flexibility index (Phi) is 6.29. The fourth-order valence-electron chi connectivity index (χ4n) is 1.30. The van der Waals surface area contributed by atoms with E-state index < -0.39 is 0 Å². The summed E-state index contributed by atoms with van der Waals surface area (Å²) < 4.78 is 10.2. The Balaban J connectivity index is 2.69. The van der Waals surface area contributed by atoms with E-state index in [9.17, 15) is 4.79 Å². The van der Waals surface area contributed by atoms with Gasteiger partial charge >= 0.3 is 5.97 Å². The van der Waals surface area contributed by atoms with Gasteiger partial charge in [-0.1, -0.05) is 24.6 Å². The fourth-order valence-corrected chi connectivity index (χ4v) is 1.55. The quantitative estimate of drug-likeness (QED) is 0.583. The minimum absolute atomic E-state index is 0.361. The first-order valence-electron chi connectivity index (χ1n) is 5.94. The molecule has 18 heavy (non-hydrogen) atoms. The molecule has 0 saturated carbocycles. The zero-order valence-electron chi connectivity index (χ0n) is 10.6. The Labute approximate surface area is 112 Å². The van der Waals surface area contributed by atoms with E-state index in [0.717, 1.165) is 12.0 Å². The predicted octanol–water partition coefficient (Wildman–Crippen LogP) is 3.71. The van der Waals surface area contributed by atoms with Crippen LogP contribution >= 0.6 is 11.6 Å². The summed E-state index contributed by atoms with van der Waals surface area (Å²) in [5.74, 6) is 0.298. The molecule has 0 radical (unpaired) electrons. The van der Waals surface area contributed by atoms with Crippen LogP contribution in [0.4, 0.5) is 0 Å². The van der Waals surface area contributed by atoms with Crippen LogP contribution in [0.3, 0.4) is 0 Å². The van der Waals surface area contributed by atoms with Crippen molar-refractivity contribution in [1.82, 2.24) is 0 Å². The molecule has 3 nitrogen and oxygen atoms in total. The van der Waals surface area contributed by atoms with E-state index in [2.05, 4.69) is 0 Å². The van der Waals surface area contributed by atoms with E-state index >= 15 is 0 Å². The Morgan fingerprint density at radius 3 is 2.78 bits per heavy atom. The summed E-state index contributed by atoms with van der Waals surface area (Å²) in [6, 6.07) is 5.39. The summed E-state index contributed by atoms with van der Waals surface area (Å²) in [6.45, 7) is 4.80. The Morgan fingerprint density at radius 1 is 1.39 bits per heavy atom. The summed E-state index contributed by atoms with van der Waals surface area (Å²) in [7, 11) is 0. The van der Waals surface area contributed by atoms with Crippen LogP contribution in [-0.2, 0) is 9.53 Å². The highest BCUT2D eigenvalue weighted by Gasteiger charge is 2.02. The van der Waals surface area contributed by atoms with Crippen molar-refractivity contribution >= 4 is 23.6 Å². The van der Waals surface area contributed by atoms with Gasteiger partial charge in [-0.15, -0.1) is 0 Å². The van der Waals surface area contributed by atoms with Gasteiger partial charge in [-0.05, 0) is 37.1 Å². The summed E-state index contributed by atoms with van der Waals surface area (Å²) in [5.41, 5.74) is 0.830. The van der Waals surface area contributed by atoms with Crippen molar-refractivity contribution in [1.29, 1.82) is 0 Å². The first kappa shape index (κ1) is 14.6. The highest BCUT2D eigenvalue weighted by atomic mass is 35.5. The first-order chi connectivity index (χ1) is 8.67. The van der Waals surface area contributed by atoms with Gasteiger partial charge in [-0.25, -0.2) is 4.79 Å². The molecule has 1 aromatic rings. The third kappa shape index (κ3) is 4.80. The normalized spacial score (nSPS) is 10.6. The van der Waals surface area contributed by atoms with Crippen LogP contribution in [0.25, 0.3) is 6.08 Å². The lowest BCUT2D eigenvalue weighted by molar-refractivity contribution is -0.137. The molecule has 0 saturated heterocycles. The third-order valence-electron chi connectivity index (χ3n) is 2.12. The van der Waals surface area contributed by atoms with Gasteiger partial charge in [-0.2, -0.15) is 0 Å². The van der Waals surface area contributed by atoms with Crippen molar-refractivity contribution in [3.05, 3.63) is 34.9 Å². The number of carbonyl (C=O) groups excluding carboxylic acids is 1. The molecule has 0 heterocycles. The van der Waals surface area contributed by atoms with Gasteiger partial charge in [0, 0.05) is 6.08 Å². The largest absolute Gasteiger partial charge is 0.492 e. The van der Waals surface area contributed by atoms with Crippen LogP contribution in [0.2, 0.25) is 5.02 Å². The van der Waals surface area contributed by atoms with E-state index in [4.69, 9.17) is 21.1 Å². The molecule has 0 aliphatic heterocycles. The van der Waals surface area contributed by atoms with Crippen LogP contribution in [0.15, 0.2) is 24.3 Å². The fraction of sp³-hybridized carbons (Fsp3) is 0.357. The van der Waals surface area contributed by atoms with E-state index in [1.165, 1.54) is 6.08 Å². The van der Waals surface area contributed by atoms with Gasteiger partial charge in [0.25, 0.3) is 0 Å². The maximum Gasteiger partial charge on any atom is 0.330 e. The van der Waals surface area contributed by atoms with Crippen molar-refractivity contribution in [2.45, 2.75) is 20.3 Å². The molecule has 0 aliphatic rings. The second-order valence-electron chi connectivity index (χ2n) is 3.62. The minimum Gasteiger partial charge on any atom is -0.492 e. The molecule has 0 amide bonds. The molecular weight excluding hydrogens is 252 g/mol.